The lowest BCUT2D eigenvalue weighted by Crippen LogP contribution is -2.14. The molecule has 4 aromatic rings. The van der Waals surface area contributed by atoms with Crippen molar-refractivity contribution in [2.45, 2.75) is 11.8 Å². The molecule has 1 N–H and O–H groups in total. The Labute approximate surface area is 176 Å². The molecule has 8 heteroatoms. The fourth-order valence-electron chi connectivity index (χ4n) is 3.15. The molecule has 0 saturated heterocycles. The molecule has 0 fully saturated rings. The summed E-state index contributed by atoms with van der Waals surface area (Å²) in [6.07, 6.45) is 1.56. The van der Waals surface area contributed by atoms with E-state index in [4.69, 9.17) is 0 Å². The van der Waals surface area contributed by atoms with E-state index in [0.717, 1.165) is 4.47 Å². The average molecular weight is 470 g/mol. The highest BCUT2D eigenvalue weighted by Crippen LogP contribution is 2.35. The molecule has 0 spiro atoms. The van der Waals surface area contributed by atoms with Crippen molar-refractivity contribution in [2.24, 2.45) is 0 Å². The van der Waals surface area contributed by atoms with Crippen LogP contribution in [0.15, 0.2) is 82.3 Å². The van der Waals surface area contributed by atoms with Gasteiger partial charge in [0, 0.05) is 34.2 Å². The number of amides is 1. The van der Waals surface area contributed by atoms with E-state index in [1.807, 2.05) is 0 Å². The first-order valence-corrected chi connectivity index (χ1v) is 11.0. The summed E-state index contributed by atoms with van der Waals surface area (Å²) in [6, 6.07) is 18.8. The monoisotopic (exact) mass is 469 g/mol. The van der Waals surface area contributed by atoms with E-state index in [1.165, 1.54) is 10.9 Å². The summed E-state index contributed by atoms with van der Waals surface area (Å²) < 4.78 is 29.0. The second-order valence-electron chi connectivity index (χ2n) is 6.40. The minimum absolute atomic E-state index is 0.165. The van der Waals surface area contributed by atoms with Crippen LogP contribution in [0.25, 0.3) is 22.3 Å². The molecule has 0 saturated carbocycles. The fraction of sp³-hybridized carbons (Fsp3) is 0.0476. The first-order chi connectivity index (χ1) is 13.9. The number of carbonyl (C=O) groups excluding carboxylic acids is 1. The summed E-state index contributed by atoms with van der Waals surface area (Å²) in [6.45, 7) is 1.42. The lowest BCUT2D eigenvalue weighted by Gasteiger charge is -2.12. The maximum atomic E-state index is 13.5. The average Bonchev–Trinajstić information content (AvgIpc) is 3.10. The maximum Gasteiger partial charge on any atom is 0.269 e. The van der Waals surface area contributed by atoms with E-state index in [1.54, 1.807) is 72.9 Å². The van der Waals surface area contributed by atoms with Crippen molar-refractivity contribution >= 4 is 48.6 Å². The minimum Gasteiger partial charge on any atom is -0.326 e. The standard InChI is InChI=1S/C21H16BrN3O3S/c1-14(26)24-16-7-5-6-15(12-16)20-13-18-19(22)10-11-23-21(18)25(20)29(27,28)17-8-3-2-4-9-17/h2-13H,1H3,(H,24,26). The second-order valence-corrected chi connectivity index (χ2v) is 9.05. The van der Waals surface area contributed by atoms with Gasteiger partial charge < -0.3 is 5.32 Å². The largest absolute Gasteiger partial charge is 0.326 e. The Balaban J connectivity index is 2.02. The molecule has 2 heterocycles. The number of pyridine rings is 1. The van der Waals surface area contributed by atoms with Crippen LogP contribution in [0.4, 0.5) is 5.69 Å². The summed E-state index contributed by atoms with van der Waals surface area (Å²) >= 11 is 3.48. The van der Waals surface area contributed by atoms with Crippen LogP contribution < -0.4 is 5.32 Å². The number of nitrogens with zero attached hydrogens (tertiary/aromatic N) is 2. The highest BCUT2D eigenvalue weighted by molar-refractivity contribution is 9.10. The number of anilines is 1. The number of halogens is 1. The molecule has 1 amide bonds. The second kappa shape index (κ2) is 7.46. The van der Waals surface area contributed by atoms with Crippen molar-refractivity contribution in [3.63, 3.8) is 0 Å². The number of fused-ring (bicyclic) bond motifs is 1. The molecule has 146 valence electrons. The van der Waals surface area contributed by atoms with Gasteiger partial charge in [-0.25, -0.2) is 17.4 Å². The van der Waals surface area contributed by atoms with Gasteiger partial charge in [0.25, 0.3) is 10.0 Å². The van der Waals surface area contributed by atoms with E-state index >= 15 is 0 Å². The summed E-state index contributed by atoms with van der Waals surface area (Å²) in [7, 11) is -3.91. The quantitative estimate of drug-likeness (QED) is 0.471. The van der Waals surface area contributed by atoms with Crippen molar-refractivity contribution in [2.75, 3.05) is 5.32 Å². The van der Waals surface area contributed by atoms with Crippen LogP contribution in [0.1, 0.15) is 6.92 Å². The summed E-state index contributed by atoms with van der Waals surface area (Å²) in [5, 5.41) is 3.40. The smallest absolute Gasteiger partial charge is 0.269 e. The van der Waals surface area contributed by atoms with Gasteiger partial charge in [0.2, 0.25) is 5.91 Å². The Bertz CT molecular complexity index is 1330. The third-order valence-corrected chi connectivity index (χ3v) is 6.78. The number of carbonyl (C=O) groups is 1. The van der Waals surface area contributed by atoms with E-state index < -0.39 is 10.0 Å². The normalized spacial score (nSPS) is 11.5. The zero-order chi connectivity index (χ0) is 20.6. The van der Waals surface area contributed by atoms with E-state index in [2.05, 4.69) is 26.2 Å². The van der Waals surface area contributed by atoms with E-state index in [-0.39, 0.29) is 10.8 Å². The Morgan fingerprint density at radius 2 is 1.79 bits per heavy atom. The van der Waals surface area contributed by atoms with E-state index in [9.17, 15) is 13.2 Å². The predicted octanol–water partition coefficient (Wildman–Crippen LogP) is 4.66. The Kier molecular flexibility index (Phi) is 4.97. The van der Waals surface area contributed by atoms with Crippen LogP contribution in [-0.4, -0.2) is 23.3 Å². The molecule has 29 heavy (non-hydrogen) atoms. The van der Waals surface area contributed by atoms with Crippen molar-refractivity contribution in [3.8, 4) is 11.3 Å². The molecule has 0 atom stereocenters. The zero-order valence-electron chi connectivity index (χ0n) is 15.3. The highest BCUT2D eigenvalue weighted by atomic mass is 79.9. The molecule has 0 bridgehead atoms. The number of rotatable bonds is 4. The number of nitrogens with one attached hydrogen (secondary N) is 1. The van der Waals surface area contributed by atoms with Crippen molar-refractivity contribution in [1.82, 2.24) is 8.96 Å². The topological polar surface area (TPSA) is 81.1 Å². The van der Waals surface area contributed by atoms with Gasteiger partial charge in [-0.05, 0) is 52.3 Å². The Hall–Kier alpha value is -2.97. The van der Waals surface area contributed by atoms with Gasteiger partial charge in [0.05, 0.1) is 10.6 Å². The molecule has 0 aliphatic heterocycles. The molecule has 0 aliphatic rings. The van der Waals surface area contributed by atoms with Gasteiger partial charge in [0.15, 0.2) is 5.65 Å². The van der Waals surface area contributed by atoms with Crippen molar-refractivity contribution in [1.29, 1.82) is 0 Å². The third-order valence-electron chi connectivity index (χ3n) is 4.37. The molecule has 4 rings (SSSR count). The number of hydrogen-bond donors (Lipinski definition) is 1. The highest BCUT2D eigenvalue weighted by Gasteiger charge is 2.25. The lowest BCUT2D eigenvalue weighted by atomic mass is 10.1. The zero-order valence-corrected chi connectivity index (χ0v) is 17.7. The molecule has 0 aliphatic carbocycles. The SMILES string of the molecule is CC(=O)Nc1cccc(-c2cc3c(Br)ccnc3n2S(=O)(=O)c2ccccc2)c1. The first kappa shape index (κ1) is 19.4. The maximum absolute atomic E-state index is 13.5. The first-order valence-electron chi connectivity index (χ1n) is 8.72. The molecule has 6 nitrogen and oxygen atoms in total. The van der Waals surface area contributed by atoms with Gasteiger partial charge in [-0.2, -0.15) is 0 Å². The van der Waals surface area contributed by atoms with Gasteiger partial charge >= 0.3 is 0 Å². The fourth-order valence-corrected chi connectivity index (χ4v) is 5.06. The van der Waals surface area contributed by atoms with Crippen LogP contribution in [0, 0.1) is 0 Å². The van der Waals surface area contributed by atoms with Gasteiger partial charge in [0.1, 0.15) is 0 Å². The molecular weight excluding hydrogens is 454 g/mol. The molecule has 0 unspecified atom stereocenters. The minimum atomic E-state index is -3.91. The van der Waals surface area contributed by atoms with Gasteiger partial charge in [-0.1, -0.05) is 30.3 Å². The Morgan fingerprint density at radius 1 is 1.03 bits per heavy atom. The summed E-state index contributed by atoms with van der Waals surface area (Å²) in [5.74, 6) is -0.205. The molecule has 0 radical (unpaired) electrons. The number of hydrogen-bond acceptors (Lipinski definition) is 4. The summed E-state index contributed by atoms with van der Waals surface area (Å²) in [4.78, 5) is 15.9. The summed E-state index contributed by atoms with van der Waals surface area (Å²) in [5.41, 5.74) is 2.00. The third kappa shape index (κ3) is 3.56. The van der Waals surface area contributed by atoms with Gasteiger partial charge in [-0.15, -0.1) is 0 Å². The van der Waals surface area contributed by atoms with E-state index in [0.29, 0.717) is 28.0 Å². The lowest BCUT2D eigenvalue weighted by molar-refractivity contribution is -0.114. The predicted molar refractivity (Wildman–Crippen MR) is 116 cm³/mol. The molecule has 2 aromatic heterocycles. The van der Waals surface area contributed by atoms with Crippen LogP contribution in [0.5, 0.6) is 0 Å². The van der Waals surface area contributed by atoms with Crippen LogP contribution in [0.3, 0.4) is 0 Å². The van der Waals surface area contributed by atoms with Crippen LogP contribution in [0.2, 0.25) is 0 Å². The van der Waals surface area contributed by atoms with Crippen LogP contribution >= 0.6 is 15.9 Å². The Morgan fingerprint density at radius 3 is 2.52 bits per heavy atom. The number of aromatic nitrogens is 2. The van der Waals surface area contributed by atoms with Crippen molar-refractivity contribution in [3.05, 3.63) is 77.4 Å². The van der Waals surface area contributed by atoms with Crippen LogP contribution in [-0.2, 0) is 14.8 Å². The molecule has 2 aromatic carbocycles. The van der Waals surface area contributed by atoms with Crippen molar-refractivity contribution < 1.29 is 13.2 Å². The molecular formula is C21H16BrN3O3S. The van der Waals surface area contributed by atoms with Gasteiger partial charge in [-0.3, -0.25) is 4.79 Å². The number of benzene rings is 2.